The van der Waals surface area contributed by atoms with E-state index in [1.165, 1.54) is 12.8 Å². The molecule has 2 rings (SSSR count). The van der Waals surface area contributed by atoms with Crippen molar-refractivity contribution in [2.75, 3.05) is 26.2 Å². The summed E-state index contributed by atoms with van der Waals surface area (Å²) in [6.07, 6.45) is 2.26. The van der Waals surface area contributed by atoms with Crippen LogP contribution in [0.2, 0.25) is 0 Å². The molecule has 1 amide bonds. The van der Waals surface area contributed by atoms with Gasteiger partial charge in [0.25, 0.3) is 0 Å². The van der Waals surface area contributed by atoms with Crippen LogP contribution in [0.4, 0.5) is 4.79 Å². The van der Waals surface area contributed by atoms with Crippen molar-refractivity contribution in [1.82, 2.24) is 10.6 Å². The van der Waals surface area contributed by atoms with Crippen LogP contribution in [0.25, 0.3) is 0 Å². The van der Waals surface area contributed by atoms with E-state index in [0.29, 0.717) is 23.9 Å². The molecular formula is C12H22N2O2. The van der Waals surface area contributed by atoms with E-state index >= 15 is 0 Å². The van der Waals surface area contributed by atoms with Crippen LogP contribution in [-0.4, -0.2) is 32.3 Å². The molecule has 92 valence electrons. The van der Waals surface area contributed by atoms with Gasteiger partial charge < -0.3 is 15.4 Å². The number of hydrogen-bond acceptors (Lipinski definition) is 3. The fourth-order valence-corrected chi connectivity index (χ4v) is 2.51. The van der Waals surface area contributed by atoms with Gasteiger partial charge in [-0.2, -0.15) is 0 Å². The molecule has 1 spiro atoms. The van der Waals surface area contributed by atoms with Crippen LogP contribution in [0.1, 0.15) is 26.7 Å². The Bertz CT molecular complexity index is 260. The molecule has 0 aromatic heterocycles. The summed E-state index contributed by atoms with van der Waals surface area (Å²) in [5, 5.41) is 6.25. The lowest BCUT2D eigenvalue weighted by Crippen LogP contribution is -2.29. The summed E-state index contributed by atoms with van der Waals surface area (Å²) < 4.78 is 5.07. The van der Waals surface area contributed by atoms with Crippen molar-refractivity contribution in [3.63, 3.8) is 0 Å². The van der Waals surface area contributed by atoms with Crippen molar-refractivity contribution >= 4 is 6.09 Å². The fraction of sp³-hybridized carbons (Fsp3) is 0.917. The second-order valence-corrected chi connectivity index (χ2v) is 5.56. The average molecular weight is 226 g/mol. The van der Waals surface area contributed by atoms with Crippen molar-refractivity contribution in [1.29, 1.82) is 0 Å². The van der Waals surface area contributed by atoms with Crippen molar-refractivity contribution < 1.29 is 9.53 Å². The maximum absolute atomic E-state index is 11.3. The Labute approximate surface area is 97.1 Å². The first-order chi connectivity index (χ1) is 7.62. The van der Waals surface area contributed by atoms with Gasteiger partial charge in [0.05, 0.1) is 6.61 Å². The predicted molar refractivity (Wildman–Crippen MR) is 62.2 cm³/mol. The van der Waals surface area contributed by atoms with Crippen LogP contribution in [0.15, 0.2) is 0 Å². The third-order valence-electron chi connectivity index (χ3n) is 3.68. The Morgan fingerprint density at radius 1 is 1.62 bits per heavy atom. The van der Waals surface area contributed by atoms with Crippen molar-refractivity contribution in [3.05, 3.63) is 0 Å². The Morgan fingerprint density at radius 2 is 2.44 bits per heavy atom. The molecule has 16 heavy (non-hydrogen) atoms. The third-order valence-corrected chi connectivity index (χ3v) is 3.68. The molecule has 4 heteroatoms. The smallest absolute Gasteiger partial charge is 0.407 e. The molecule has 4 nitrogen and oxygen atoms in total. The monoisotopic (exact) mass is 226 g/mol. The SMILES string of the molecule is CC(C)COC(=O)NCC1CC12CCNC2. The van der Waals surface area contributed by atoms with Crippen LogP contribution in [-0.2, 0) is 4.74 Å². The number of amides is 1. The average Bonchev–Trinajstić information content (AvgIpc) is 2.67. The summed E-state index contributed by atoms with van der Waals surface area (Å²) in [6, 6.07) is 0. The molecule has 0 aromatic carbocycles. The summed E-state index contributed by atoms with van der Waals surface area (Å²) in [6.45, 7) is 7.61. The minimum Gasteiger partial charge on any atom is -0.449 e. The van der Waals surface area contributed by atoms with Crippen LogP contribution < -0.4 is 10.6 Å². The van der Waals surface area contributed by atoms with Gasteiger partial charge in [-0.1, -0.05) is 13.8 Å². The Hall–Kier alpha value is -0.770. The van der Waals surface area contributed by atoms with E-state index < -0.39 is 0 Å². The summed E-state index contributed by atoms with van der Waals surface area (Å²) in [5.41, 5.74) is 0.505. The first-order valence-corrected chi connectivity index (χ1v) is 6.24. The van der Waals surface area contributed by atoms with E-state index in [0.717, 1.165) is 19.6 Å². The minimum absolute atomic E-state index is 0.262. The van der Waals surface area contributed by atoms with Gasteiger partial charge in [-0.15, -0.1) is 0 Å². The van der Waals surface area contributed by atoms with Gasteiger partial charge in [0.15, 0.2) is 0 Å². The molecule has 2 unspecified atom stereocenters. The second kappa shape index (κ2) is 4.62. The Morgan fingerprint density at radius 3 is 3.06 bits per heavy atom. The van der Waals surface area contributed by atoms with E-state index in [1.54, 1.807) is 0 Å². The van der Waals surface area contributed by atoms with Crippen LogP contribution in [0, 0.1) is 17.3 Å². The van der Waals surface area contributed by atoms with Gasteiger partial charge in [0.2, 0.25) is 0 Å². The maximum atomic E-state index is 11.3. The number of carbonyl (C=O) groups excluding carboxylic acids is 1. The van der Waals surface area contributed by atoms with Crippen molar-refractivity contribution in [2.45, 2.75) is 26.7 Å². The first-order valence-electron chi connectivity index (χ1n) is 6.24. The summed E-state index contributed by atoms with van der Waals surface area (Å²) >= 11 is 0. The number of rotatable bonds is 4. The first kappa shape index (κ1) is 11.7. The fourth-order valence-electron chi connectivity index (χ4n) is 2.51. The van der Waals surface area contributed by atoms with Gasteiger partial charge in [-0.05, 0) is 36.6 Å². The topological polar surface area (TPSA) is 50.4 Å². The molecule has 1 aliphatic carbocycles. The van der Waals surface area contributed by atoms with E-state index in [4.69, 9.17) is 4.74 Å². The van der Waals surface area contributed by atoms with E-state index in [1.807, 2.05) is 13.8 Å². The zero-order valence-corrected chi connectivity index (χ0v) is 10.2. The van der Waals surface area contributed by atoms with Crippen molar-refractivity contribution in [3.8, 4) is 0 Å². The van der Waals surface area contributed by atoms with Crippen LogP contribution in [0.5, 0.6) is 0 Å². The summed E-state index contributed by atoms with van der Waals surface area (Å²) in [5.74, 6) is 1.06. The van der Waals surface area contributed by atoms with E-state index in [9.17, 15) is 4.79 Å². The largest absolute Gasteiger partial charge is 0.449 e. The number of carbonyl (C=O) groups is 1. The molecule has 0 aromatic rings. The minimum atomic E-state index is -0.262. The lowest BCUT2D eigenvalue weighted by atomic mass is 10.0. The lowest BCUT2D eigenvalue weighted by molar-refractivity contribution is 0.132. The molecule has 2 atom stereocenters. The Kier molecular flexibility index (Phi) is 3.38. The van der Waals surface area contributed by atoms with Gasteiger partial charge >= 0.3 is 6.09 Å². The predicted octanol–water partition coefficient (Wildman–Crippen LogP) is 1.37. The van der Waals surface area contributed by atoms with Crippen LogP contribution >= 0.6 is 0 Å². The molecule has 1 saturated heterocycles. The number of ether oxygens (including phenoxy) is 1. The zero-order chi connectivity index (χ0) is 11.6. The molecule has 0 radical (unpaired) electrons. The van der Waals surface area contributed by atoms with E-state index in [-0.39, 0.29) is 6.09 Å². The number of nitrogens with one attached hydrogen (secondary N) is 2. The Balaban J connectivity index is 1.60. The summed E-state index contributed by atoms with van der Waals surface area (Å²) in [4.78, 5) is 11.3. The van der Waals surface area contributed by atoms with Gasteiger partial charge in [0, 0.05) is 13.1 Å². The normalized spacial score (nSPS) is 32.1. The second-order valence-electron chi connectivity index (χ2n) is 5.56. The molecule has 2 aliphatic rings. The zero-order valence-electron chi connectivity index (χ0n) is 10.2. The molecule has 2 N–H and O–H groups in total. The summed E-state index contributed by atoms with van der Waals surface area (Å²) in [7, 11) is 0. The lowest BCUT2D eigenvalue weighted by Gasteiger charge is -2.10. The molecular weight excluding hydrogens is 204 g/mol. The number of hydrogen-bond donors (Lipinski definition) is 2. The van der Waals surface area contributed by atoms with Crippen molar-refractivity contribution in [2.24, 2.45) is 17.3 Å². The van der Waals surface area contributed by atoms with Gasteiger partial charge in [-0.25, -0.2) is 4.79 Å². The highest BCUT2D eigenvalue weighted by Gasteiger charge is 2.54. The van der Waals surface area contributed by atoms with Gasteiger partial charge in [-0.3, -0.25) is 0 Å². The van der Waals surface area contributed by atoms with Gasteiger partial charge in [0.1, 0.15) is 0 Å². The molecule has 1 heterocycles. The highest BCUT2D eigenvalue weighted by molar-refractivity contribution is 5.67. The molecule has 0 bridgehead atoms. The van der Waals surface area contributed by atoms with Crippen LogP contribution in [0.3, 0.4) is 0 Å². The van der Waals surface area contributed by atoms with E-state index in [2.05, 4.69) is 10.6 Å². The third kappa shape index (κ3) is 2.67. The maximum Gasteiger partial charge on any atom is 0.407 e. The molecule has 2 fully saturated rings. The molecule has 1 aliphatic heterocycles. The molecule has 1 saturated carbocycles. The highest BCUT2D eigenvalue weighted by Crippen LogP contribution is 2.56. The number of alkyl carbamates (subject to hydrolysis) is 1. The quantitative estimate of drug-likeness (QED) is 0.761. The standard InChI is InChI=1S/C12H22N2O2/c1-9(2)7-16-11(15)14-6-10-5-12(10)3-4-13-8-12/h9-10,13H,3-8H2,1-2H3,(H,14,15). The highest BCUT2D eigenvalue weighted by atomic mass is 16.5.